The standard InChI is InChI=1S/C14H15BrN2O/c15-10-6-11-12(8-17-14(11)16-7-10)13(18)9-4-2-1-3-5-9/h6-9H,1-5H2,(H,16,17). The molecule has 0 atom stereocenters. The number of Topliss-reactive ketones (excluding diaryl/α,β-unsaturated/α-hetero) is 1. The Morgan fingerprint density at radius 3 is 2.89 bits per heavy atom. The number of rotatable bonds is 2. The minimum atomic E-state index is 0.205. The lowest BCUT2D eigenvalue weighted by Gasteiger charge is -2.19. The molecule has 1 aliphatic rings. The van der Waals surface area contributed by atoms with Crippen molar-refractivity contribution in [3.8, 4) is 0 Å². The third-order valence-corrected chi connectivity index (χ3v) is 4.17. The second-order valence-corrected chi connectivity index (χ2v) is 5.87. The van der Waals surface area contributed by atoms with Crippen molar-refractivity contribution in [2.75, 3.05) is 0 Å². The van der Waals surface area contributed by atoms with Crippen LogP contribution in [0.15, 0.2) is 22.9 Å². The fourth-order valence-corrected chi connectivity index (χ4v) is 3.10. The number of nitrogens with one attached hydrogen (secondary N) is 1. The number of hydrogen-bond donors (Lipinski definition) is 1. The predicted octanol–water partition coefficient (Wildman–Crippen LogP) is 4.09. The molecule has 3 rings (SSSR count). The summed E-state index contributed by atoms with van der Waals surface area (Å²) < 4.78 is 0.910. The van der Waals surface area contributed by atoms with E-state index in [1.165, 1.54) is 19.3 Å². The highest BCUT2D eigenvalue weighted by molar-refractivity contribution is 9.10. The van der Waals surface area contributed by atoms with Gasteiger partial charge in [-0.25, -0.2) is 4.98 Å². The first-order valence-electron chi connectivity index (χ1n) is 6.42. The van der Waals surface area contributed by atoms with Crippen molar-refractivity contribution < 1.29 is 4.79 Å². The molecule has 0 aliphatic heterocycles. The summed E-state index contributed by atoms with van der Waals surface area (Å²) in [6.07, 6.45) is 9.25. The van der Waals surface area contributed by atoms with E-state index < -0.39 is 0 Å². The zero-order valence-corrected chi connectivity index (χ0v) is 11.7. The van der Waals surface area contributed by atoms with Gasteiger partial charge in [0, 0.05) is 33.7 Å². The molecule has 0 aromatic carbocycles. The SMILES string of the molecule is O=C(c1c[nH]c2ncc(Br)cc12)C1CCCCC1. The van der Waals surface area contributed by atoms with Gasteiger partial charge in [-0.1, -0.05) is 19.3 Å². The molecule has 0 radical (unpaired) electrons. The van der Waals surface area contributed by atoms with Crippen molar-refractivity contribution in [2.24, 2.45) is 5.92 Å². The molecule has 0 bridgehead atoms. The topological polar surface area (TPSA) is 45.8 Å². The van der Waals surface area contributed by atoms with Gasteiger partial charge in [0.2, 0.25) is 0 Å². The van der Waals surface area contributed by atoms with Crippen molar-refractivity contribution in [1.82, 2.24) is 9.97 Å². The molecule has 2 heterocycles. The van der Waals surface area contributed by atoms with Crippen LogP contribution in [0, 0.1) is 5.92 Å². The average Bonchev–Trinajstić information content (AvgIpc) is 2.82. The second-order valence-electron chi connectivity index (χ2n) is 4.95. The summed E-state index contributed by atoms with van der Waals surface area (Å²) in [7, 11) is 0. The lowest BCUT2D eigenvalue weighted by Crippen LogP contribution is -2.17. The van der Waals surface area contributed by atoms with E-state index in [-0.39, 0.29) is 11.7 Å². The molecular formula is C14H15BrN2O. The Balaban J connectivity index is 1.98. The molecule has 2 aromatic heterocycles. The van der Waals surface area contributed by atoms with Gasteiger partial charge in [-0.3, -0.25) is 4.79 Å². The molecule has 0 saturated heterocycles. The fourth-order valence-electron chi connectivity index (χ4n) is 2.77. The monoisotopic (exact) mass is 306 g/mol. The maximum absolute atomic E-state index is 12.5. The van der Waals surface area contributed by atoms with Gasteiger partial charge >= 0.3 is 0 Å². The molecule has 1 fully saturated rings. The lowest BCUT2D eigenvalue weighted by atomic mass is 9.84. The lowest BCUT2D eigenvalue weighted by molar-refractivity contribution is 0.0891. The maximum Gasteiger partial charge on any atom is 0.168 e. The van der Waals surface area contributed by atoms with Gasteiger partial charge in [0.25, 0.3) is 0 Å². The Labute approximate surface area is 114 Å². The van der Waals surface area contributed by atoms with E-state index in [0.29, 0.717) is 0 Å². The molecule has 94 valence electrons. The summed E-state index contributed by atoms with van der Waals surface area (Å²) in [5, 5.41) is 0.931. The maximum atomic E-state index is 12.5. The van der Waals surface area contributed by atoms with Crippen molar-refractivity contribution in [3.63, 3.8) is 0 Å². The number of carbonyl (C=O) groups is 1. The number of hydrogen-bond acceptors (Lipinski definition) is 2. The number of ketones is 1. The normalized spacial score (nSPS) is 17.2. The number of H-pyrrole nitrogens is 1. The Morgan fingerprint density at radius 1 is 1.33 bits per heavy atom. The van der Waals surface area contributed by atoms with Crippen molar-refractivity contribution >= 4 is 32.7 Å². The summed E-state index contributed by atoms with van der Waals surface area (Å²) in [5.74, 6) is 0.484. The minimum Gasteiger partial charge on any atom is -0.345 e. The van der Waals surface area contributed by atoms with Crippen LogP contribution in [0.4, 0.5) is 0 Å². The van der Waals surface area contributed by atoms with Gasteiger partial charge in [0.1, 0.15) is 5.65 Å². The first-order valence-corrected chi connectivity index (χ1v) is 7.22. The Kier molecular flexibility index (Phi) is 3.20. The third-order valence-electron chi connectivity index (χ3n) is 3.74. The molecular weight excluding hydrogens is 292 g/mol. The molecule has 1 aliphatic carbocycles. The van der Waals surface area contributed by atoms with Gasteiger partial charge in [-0.05, 0) is 34.8 Å². The highest BCUT2D eigenvalue weighted by Gasteiger charge is 2.24. The van der Waals surface area contributed by atoms with E-state index in [9.17, 15) is 4.79 Å². The van der Waals surface area contributed by atoms with Crippen LogP contribution in [0.5, 0.6) is 0 Å². The number of carbonyl (C=O) groups excluding carboxylic acids is 1. The third kappa shape index (κ3) is 2.09. The molecule has 0 spiro atoms. The first-order chi connectivity index (χ1) is 8.75. The van der Waals surface area contributed by atoms with Crippen molar-refractivity contribution in [2.45, 2.75) is 32.1 Å². The number of halogens is 1. The number of aromatic amines is 1. The van der Waals surface area contributed by atoms with Crippen LogP contribution in [0.25, 0.3) is 11.0 Å². The second kappa shape index (κ2) is 4.84. The van der Waals surface area contributed by atoms with Crippen LogP contribution in [0.3, 0.4) is 0 Å². The van der Waals surface area contributed by atoms with E-state index in [1.807, 2.05) is 6.07 Å². The molecule has 0 amide bonds. The smallest absolute Gasteiger partial charge is 0.168 e. The number of nitrogens with zero attached hydrogens (tertiary/aromatic N) is 1. The van der Waals surface area contributed by atoms with Crippen LogP contribution in [0.2, 0.25) is 0 Å². The Hall–Kier alpha value is -1.16. The predicted molar refractivity (Wildman–Crippen MR) is 74.7 cm³/mol. The summed E-state index contributed by atoms with van der Waals surface area (Å²) in [5.41, 5.74) is 1.59. The first kappa shape index (κ1) is 11.9. The van der Waals surface area contributed by atoms with E-state index >= 15 is 0 Å². The number of aromatic nitrogens is 2. The number of fused-ring (bicyclic) bond motifs is 1. The summed E-state index contributed by atoms with van der Waals surface area (Å²) in [6.45, 7) is 0. The van der Waals surface area contributed by atoms with Crippen LogP contribution in [-0.2, 0) is 0 Å². The van der Waals surface area contributed by atoms with Crippen molar-refractivity contribution in [3.05, 3.63) is 28.5 Å². The van der Waals surface area contributed by atoms with Crippen molar-refractivity contribution in [1.29, 1.82) is 0 Å². The largest absolute Gasteiger partial charge is 0.345 e. The summed E-state index contributed by atoms with van der Waals surface area (Å²) in [4.78, 5) is 19.9. The van der Waals surface area contributed by atoms with E-state index in [4.69, 9.17) is 0 Å². The summed E-state index contributed by atoms with van der Waals surface area (Å²) >= 11 is 3.41. The molecule has 3 nitrogen and oxygen atoms in total. The van der Waals surface area contributed by atoms with Gasteiger partial charge in [-0.15, -0.1) is 0 Å². The Morgan fingerprint density at radius 2 is 2.11 bits per heavy atom. The van der Waals surface area contributed by atoms with E-state index in [1.54, 1.807) is 12.4 Å². The minimum absolute atomic E-state index is 0.205. The molecule has 4 heteroatoms. The molecule has 0 unspecified atom stereocenters. The number of pyridine rings is 1. The zero-order chi connectivity index (χ0) is 12.5. The summed E-state index contributed by atoms with van der Waals surface area (Å²) in [6, 6.07) is 1.97. The Bertz CT molecular complexity index is 584. The molecule has 1 N–H and O–H groups in total. The fraction of sp³-hybridized carbons (Fsp3) is 0.429. The highest BCUT2D eigenvalue weighted by atomic mass is 79.9. The molecule has 1 saturated carbocycles. The van der Waals surface area contributed by atoms with E-state index in [2.05, 4.69) is 25.9 Å². The van der Waals surface area contributed by atoms with Crippen LogP contribution in [0.1, 0.15) is 42.5 Å². The quantitative estimate of drug-likeness (QED) is 0.849. The highest BCUT2D eigenvalue weighted by Crippen LogP contribution is 2.29. The van der Waals surface area contributed by atoms with Crippen LogP contribution < -0.4 is 0 Å². The van der Waals surface area contributed by atoms with Crippen LogP contribution >= 0.6 is 15.9 Å². The van der Waals surface area contributed by atoms with Gasteiger partial charge in [-0.2, -0.15) is 0 Å². The van der Waals surface area contributed by atoms with E-state index in [0.717, 1.165) is 33.9 Å². The zero-order valence-electron chi connectivity index (χ0n) is 10.1. The van der Waals surface area contributed by atoms with Gasteiger partial charge in [0.15, 0.2) is 5.78 Å². The molecule has 18 heavy (non-hydrogen) atoms. The van der Waals surface area contributed by atoms with Gasteiger partial charge in [0.05, 0.1) is 0 Å². The molecule has 2 aromatic rings. The average molecular weight is 307 g/mol. The van der Waals surface area contributed by atoms with Gasteiger partial charge < -0.3 is 4.98 Å². The van der Waals surface area contributed by atoms with Crippen LogP contribution in [-0.4, -0.2) is 15.8 Å².